The van der Waals surface area contributed by atoms with Crippen LogP contribution in [0.3, 0.4) is 0 Å². The number of hydrogen-bond donors (Lipinski definition) is 3. The molecule has 1 aromatic carbocycles. The second kappa shape index (κ2) is 6.09. The van der Waals surface area contributed by atoms with Crippen LogP contribution in [0.5, 0.6) is 0 Å². The Morgan fingerprint density at radius 2 is 2.10 bits per heavy atom. The lowest BCUT2D eigenvalue weighted by Crippen LogP contribution is -2.34. The molecule has 1 aromatic heterocycles. The first kappa shape index (κ1) is 14.6. The summed E-state index contributed by atoms with van der Waals surface area (Å²) in [6, 6.07) is 7.77. The van der Waals surface area contributed by atoms with E-state index in [1.165, 1.54) is 0 Å². The van der Waals surface area contributed by atoms with Crippen molar-refractivity contribution in [2.75, 3.05) is 13.2 Å². The molecule has 0 aliphatic carbocycles. The van der Waals surface area contributed by atoms with Gasteiger partial charge in [-0.05, 0) is 24.3 Å². The fourth-order valence-electron chi connectivity index (χ4n) is 2.32. The zero-order valence-electron chi connectivity index (χ0n) is 12.1. The normalized spacial score (nSPS) is 11.8. The molecule has 0 atom stereocenters. The number of para-hydroxylation sites is 1. The average molecular weight is 274 g/mol. The zero-order valence-corrected chi connectivity index (χ0v) is 12.1. The zero-order chi connectivity index (χ0) is 14.6. The molecule has 1 heterocycles. The fourth-order valence-corrected chi connectivity index (χ4v) is 2.32. The minimum absolute atomic E-state index is 0.00942. The van der Waals surface area contributed by atoms with Crippen molar-refractivity contribution in [2.24, 2.45) is 5.41 Å². The van der Waals surface area contributed by atoms with E-state index in [1.54, 1.807) is 6.20 Å². The number of carbonyl (C=O) groups excluding carboxylic acids is 1. The number of aliphatic hydroxyl groups excluding tert-OH is 1. The summed E-state index contributed by atoms with van der Waals surface area (Å²) in [4.78, 5) is 15.4. The van der Waals surface area contributed by atoms with E-state index in [0.29, 0.717) is 12.1 Å². The Balaban J connectivity index is 2.02. The van der Waals surface area contributed by atoms with Crippen molar-refractivity contribution < 1.29 is 9.90 Å². The lowest BCUT2D eigenvalue weighted by Gasteiger charge is -2.24. The highest BCUT2D eigenvalue weighted by Gasteiger charge is 2.19. The molecule has 0 spiro atoms. The maximum atomic E-state index is 12.3. The van der Waals surface area contributed by atoms with Crippen LogP contribution in [0.25, 0.3) is 10.9 Å². The number of aliphatic hydroxyl groups is 1. The van der Waals surface area contributed by atoms with E-state index in [2.05, 4.69) is 24.1 Å². The van der Waals surface area contributed by atoms with Crippen molar-refractivity contribution in [1.82, 2.24) is 10.3 Å². The topological polar surface area (TPSA) is 65.1 Å². The van der Waals surface area contributed by atoms with Gasteiger partial charge in [0, 0.05) is 30.3 Å². The molecule has 0 radical (unpaired) electrons. The van der Waals surface area contributed by atoms with E-state index in [4.69, 9.17) is 5.11 Å². The molecule has 2 aromatic rings. The molecule has 0 saturated carbocycles. The Morgan fingerprint density at radius 1 is 1.35 bits per heavy atom. The molecule has 0 fully saturated rings. The maximum Gasteiger partial charge on any atom is 0.253 e. The maximum absolute atomic E-state index is 12.3. The van der Waals surface area contributed by atoms with E-state index >= 15 is 0 Å². The molecule has 2 rings (SSSR count). The van der Waals surface area contributed by atoms with E-state index in [1.807, 2.05) is 24.3 Å². The Bertz CT molecular complexity index is 587. The number of carbonyl (C=O) groups is 1. The molecule has 0 unspecified atom stereocenters. The van der Waals surface area contributed by atoms with Gasteiger partial charge in [0.05, 0.1) is 5.56 Å². The Hall–Kier alpha value is -1.81. The molecule has 0 bridgehead atoms. The van der Waals surface area contributed by atoms with Gasteiger partial charge >= 0.3 is 0 Å². The average Bonchev–Trinajstić information content (AvgIpc) is 2.87. The second-order valence-corrected chi connectivity index (χ2v) is 5.92. The largest absolute Gasteiger partial charge is 0.396 e. The number of H-pyrrole nitrogens is 1. The van der Waals surface area contributed by atoms with Crippen molar-refractivity contribution in [1.29, 1.82) is 0 Å². The first-order valence-corrected chi connectivity index (χ1v) is 6.99. The second-order valence-electron chi connectivity index (χ2n) is 5.92. The molecular formula is C16H22N2O2. The molecule has 4 nitrogen and oxygen atoms in total. The van der Waals surface area contributed by atoms with Crippen LogP contribution in [0.4, 0.5) is 0 Å². The Kier molecular flexibility index (Phi) is 4.45. The Morgan fingerprint density at radius 3 is 2.85 bits per heavy atom. The number of nitrogens with one attached hydrogen (secondary N) is 2. The number of rotatable bonds is 6. The molecule has 20 heavy (non-hydrogen) atoms. The standard InChI is InChI=1S/C16H22N2O2/c1-16(2,8-5-9-19)11-18-15(20)13-10-17-14-7-4-3-6-12(13)14/h3-4,6-7,10,17,19H,5,8-9,11H2,1-2H3,(H,18,20). The highest BCUT2D eigenvalue weighted by Crippen LogP contribution is 2.22. The van der Waals surface area contributed by atoms with Gasteiger partial charge in [-0.25, -0.2) is 0 Å². The van der Waals surface area contributed by atoms with Crippen LogP contribution in [0, 0.1) is 5.41 Å². The van der Waals surface area contributed by atoms with Gasteiger partial charge in [-0.2, -0.15) is 0 Å². The van der Waals surface area contributed by atoms with Gasteiger partial charge in [-0.3, -0.25) is 4.79 Å². The highest BCUT2D eigenvalue weighted by atomic mass is 16.2. The van der Waals surface area contributed by atoms with Crippen molar-refractivity contribution in [3.05, 3.63) is 36.0 Å². The van der Waals surface area contributed by atoms with E-state index in [-0.39, 0.29) is 17.9 Å². The van der Waals surface area contributed by atoms with Crippen LogP contribution in [-0.2, 0) is 0 Å². The third kappa shape index (κ3) is 3.39. The van der Waals surface area contributed by atoms with Crippen molar-refractivity contribution in [2.45, 2.75) is 26.7 Å². The number of benzene rings is 1. The molecule has 1 amide bonds. The summed E-state index contributed by atoms with van der Waals surface area (Å²) in [6.45, 7) is 4.99. The summed E-state index contributed by atoms with van der Waals surface area (Å²) in [7, 11) is 0. The fraction of sp³-hybridized carbons (Fsp3) is 0.438. The van der Waals surface area contributed by atoms with Gasteiger partial charge in [0.1, 0.15) is 0 Å². The molecule has 0 saturated heterocycles. The molecule has 0 aliphatic rings. The van der Waals surface area contributed by atoms with Crippen LogP contribution in [0.1, 0.15) is 37.0 Å². The summed E-state index contributed by atoms with van der Waals surface area (Å²) < 4.78 is 0. The van der Waals surface area contributed by atoms with Crippen molar-refractivity contribution >= 4 is 16.8 Å². The van der Waals surface area contributed by atoms with E-state index in [9.17, 15) is 4.79 Å². The number of hydrogen-bond acceptors (Lipinski definition) is 2. The molecule has 4 heteroatoms. The molecular weight excluding hydrogens is 252 g/mol. The predicted molar refractivity (Wildman–Crippen MR) is 80.7 cm³/mol. The van der Waals surface area contributed by atoms with Crippen molar-refractivity contribution in [3.63, 3.8) is 0 Å². The first-order chi connectivity index (χ1) is 9.53. The number of aromatic nitrogens is 1. The summed E-state index contributed by atoms with van der Waals surface area (Å²) in [5.41, 5.74) is 1.64. The lowest BCUT2D eigenvalue weighted by atomic mass is 9.88. The minimum atomic E-state index is -0.0560. The van der Waals surface area contributed by atoms with Gasteiger partial charge in [0.15, 0.2) is 0 Å². The number of fused-ring (bicyclic) bond motifs is 1. The molecule has 108 valence electrons. The van der Waals surface area contributed by atoms with Crippen LogP contribution in [-0.4, -0.2) is 29.1 Å². The van der Waals surface area contributed by atoms with Gasteiger partial charge in [0.25, 0.3) is 5.91 Å². The van der Waals surface area contributed by atoms with E-state index in [0.717, 1.165) is 23.7 Å². The van der Waals surface area contributed by atoms with Gasteiger partial charge in [-0.15, -0.1) is 0 Å². The number of aromatic amines is 1. The highest BCUT2D eigenvalue weighted by molar-refractivity contribution is 6.06. The van der Waals surface area contributed by atoms with E-state index < -0.39 is 0 Å². The van der Waals surface area contributed by atoms with Crippen LogP contribution in [0.15, 0.2) is 30.5 Å². The summed E-state index contributed by atoms with van der Waals surface area (Å²) in [5.74, 6) is -0.0560. The Labute approximate surface area is 119 Å². The minimum Gasteiger partial charge on any atom is -0.396 e. The van der Waals surface area contributed by atoms with Crippen LogP contribution >= 0.6 is 0 Å². The third-order valence-corrected chi connectivity index (χ3v) is 3.57. The van der Waals surface area contributed by atoms with Gasteiger partial charge in [-0.1, -0.05) is 32.0 Å². The number of amides is 1. The smallest absolute Gasteiger partial charge is 0.253 e. The lowest BCUT2D eigenvalue weighted by molar-refractivity contribution is 0.0934. The van der Waals surface area contributed by atoms with Gasteiger partial charge in [0.2, 0.25) is 0 Å². The summed E-state index contributed by atoms with van der Waals surface area (Å²) in [5, 5.41) is 12.8. The monoisotopic (exact) mass is 274 g/mol. The van der Waals surface area contributed by atoms with Crippen LogP contribution in [0.2, 0.25) is 0 Å². The third-order valence-electron chi connectivity index (χ3n) is 3.57. The predicted octanol–water partition coefficient (Wildman–Crippen LogP) is 2.70. The van der Waals surface area contributed by atoms with Crippen LogP contribution < -0.4 is 5.32 Å². The quantitative estimate of drug-likeness (QED) is 0.758. The molecule has 0 aliphatic heterocycles. The summed E-state index contributed by atoms with van der Waals surface area (Å²) in [6.07, 6.45) is 3.40. The first-order valence-electron chi connectivity index (χ1n) is 6.99. The SMILES string of the molecule is CC(C)(CCCO)CNC(=O)c1c[nH]c2ccccc12. The summed E-state index contributed by atoms with van der Waals surface area (Å²) >= 11 is 0. The van der Waals surface area contributed by atoms with Crippen molar-refractivity contribution in [3.8, 4) is 0 Å². The van der Waals surface area contributed by atoms with Gasteiger partial charge < -0.3 is 15.4 Å². The molecule has 3 N–H and O–H groups in total.